The molecule has 0 saturated carbocycles. The molecule has 0 aliphatic rings. The number of nitrogens with one attached hydrogen (secondary N) is 1. The molecule has 3 aromatic rings. The Kier molecular flexibility index (Phi) is 5.25. The van der Waals surface area contributed by atoms with Gasteiger partial charge in [0, 0.05) is 18.2 Å². The first-order valence-corrected chi connectivity index (χ1v) is 8.88. The molecule has 26 heavy (non-hydrogen) atoms. The standard InChI is InChI=1S/C19H16N4O2S/c1-13(12-21-19(25)15-6-4-14(11-20)5-7-15)23-18(24)9-8-16(22-23)17-3-2-10-26-17/h2-10,13H,12H2,1H3,(H,21,25). The van der Waals surface area contributed by atoms with Crippen LogP contribution in [0.2, 0.25) is 0 Å². The maximum absolute atomic E-state index is 12.2. The third kappa shape index (κ3) is 3.87. The fourth-order valence-corrected chi connectivity index (χ4v) is 3.11. The number of aromatic nitrogens is 2. The highest BCUT2D eigenvalue weighted by molar-refractivity contribution is 7.13. The van der Waals surface area contributed by atoms with E-state index in [1.165, 1.54) is 10.7 Å². The van der Waals surface area contributed by atoms with Crippen LogP contribution in [-0.4, -0.2) is 22.2 Å². The predicted molar refractivity (Wildman–Crippen MR) is 100 cm³/mol. The van der Waals surface area contributed by atoms with Gasteiger partial charge < -0.3 is 5.32 Å². The van der Waals surface area contributed by atoms with Gasteiger partial charge in [-0.05, 0) is 48.7 Å². The third-order valence-electron chi connectivity index (χ3n) is 3.85. The molecule has 0 bridgehead atoms. The van der Waals surface area contributed by atoms with Crippen LogP contribution in [0.4, 0.5) is 0 Å². The number of thiophene rings is 1. The van der Waals surface area contributed by atoms with E-state index in [0.29, 0.717) is 11.1 Å². The smallest absolute Gasteiger partial charge is 0.267 e. The van der Waals surface area contributed by atoms with Gasteiger partial charge in [0.1, 0.15) is 5.69 Å². The molecule has 1 unspecified atom stereocenters. The van der Waals surface area contributed by atoms with E-state index in [1.807, 2.05) is 30.5 Å². The van der Waals surface area contributed by atoms with Crippen molar-refractivity contribution in [2.45, 2.75) is 13.0 Å². The molecule has 1 aromatic carbocycles. The zero-order valence-corrected chi connectivity index (χ0v) is 14.9. The Morgan fingerprint density at radius 3 is 2.69 bits per heavy atom. The van der Waals surface area contributed by atoms with Crippen molar-refractivity contribution in [2.24, 2.45) is 0 Å². The maximum atomic E-state index is 12.2. The molecule has 1 N–H and O–H groups in total. The molecule has 1 amide bonds. The van der Waals surface area contributed by atoms with Crippen molar-refractivity contribution in [1.29, 1.82) is 5.26 Å². The zero-order chi connectivity index (χ0) is 18.5. The Morgan fingerprint density at radius 2 is 2.04 bits per heavy atom. The van der Waals surface area contributed by atoms with Crippen LogP contribution < -0.4 is 10.9 Å². The molecule has 0 spiro atoms. The number of carbonyl (C=O) groups is 1. The zero-order valence-electron chi connectivity index (χ0n) is 14.0. The maximum Gasteiger partial charge on any atom is 0.267 e. The van der Waals surface area contributed by atoms with Gasteiger partial charge in [-0.15, -0.1) is 11.3 Å². The minimum absolute atomic E-state index is 0.217. The van der Waals surface area contributed by atoms with E-state index in [-0.39, 0.29) is 24.1 Å². The Balaban J connectivity index is 1.70. The Labute approximate surface area is 154 Å². The summed E-state index contributed by atoms with van der Waals surface area (Å²) in [5.74, 6) is -0.260. The van der Waals surface area contributed by atoms with Crippen LogP contribution in [0.25, 0.3) is 10.6 Å². The SMILES string of the molecule is CC(CNC(=O)c1ccc(C#N)cc1)n1nc(-c2cccs2)ccc1=O. The molecular formula is C19H16N4O2S. The molecule has 7 heteroatoms. The highest BCUT2D eigenvalue weighted by atomic mass is 32.1. The molecular weight excluding hydrogens is 348 g/mol. The van der Waals surface area contributed by atoms with Crippen molar-refractivity contribution in [3.8, 4) is 16.6 Å². The molecule has 130 valence electrons. The number of hydrogen-bond acceptors (Lipinski definition) is 5. The summed E-state index contributed by atoms with van der Waals surface area (Å²) in [7, 11) is 0. The van der Waals surface area contributed by atoms with Gasteiger partial charge in [-0.3, -0.25) is 9.59 Å². The number of carbonyl (C=O) groups excluding carboxylic acids is 1. The Hall–Kier alpha value is -3.24. The first kappa shape index (κ1) is 17.6. The van der Waals surface area contributed by atoms with Crippen molar-refractivity contribution in [2.75, 3.05) is 6.54 Å². The topological polar surface area (TPSA) is 87.8 Å². The molecule has 3 rings (SSSR count). The van der Waals surface area contributed by atoms with Gasteiger partial charge in [0.2, 0.25) is 0 Å². The fourth-order valence-electron chi connectivity index (χ4n) is 2.42. The van der Waals surface area contributed by atoms with Crippen LogP contribution in [0.5, 0.6) is 0 Å². The second-order valence-electron chi connectivity index (χ2n) is 5.73. The minimum Gasteiger partial charge on any atom is -0.350 e. The van der Waals surface area contributed by atoms with Crippen molar-refractivity contribution >= 4 is 17.2 Å². The Bertz CT molecular complexity index is 1000. The summed E-state index contributed by atoms with van der Waals surface area (Å²) in [5, 5.41) is 18.0. The molecule has 0 aliphatic carbocycles. The molecule has 0 saturated heterocycles. The number of nitriles is 1. The lowest BCUT2D eigenvalue weighted by Gasteiger charge is -2.15. The summed E-state index contributed by atoms with van der Waals surface area (Å²) in [6.45, 7) is 2.09. The van der Waals surface area contributed by atoms with Gasteiger partial charge in [-0.2, -0.15) is 10.4 Å². The van der Waals surface area contributed by atoms with Crippen LogP contribution in [0, 0.1) is 11.3 Å². The Morgan fingerprint density at radius 1 is 1.27 bits per heavy atom. The summed E-state index contributed by atoms with van der Waals surface area (Å²) < 4.78 is 1.38. The lowest BCUT2D eigenvalue weighted by molar-refractivity contribution is 0.0947. The van der Waals surface area contributed by atoms with E-state index in [1.54, 1.807) is 41.7 Å². The van der Waals surface area contributed by atoms with Gasteiger partial charge in [0.25, 0.3) is 11.5 Å². The van der Waals surface area contributed by atoms with E-state index in [0.717, 1.165) is 10.6 Å². The van der Waals surface area contributed by atoms with Gasteiger partial charge in [-0.1, -0.05) is 6.07 Å². The predicted octanol–water partition coefficient (Wildman–Crippen LogP) is 2.83. The number of amides is 1. The van der Waals surface area contributed by atoms with Crippen molar-refractivity contribution in [3.05, 3.63) is 75.4 Å². The van der Waals surface area contributed by atoms with E-state index in [9.17, 15) is 9.59 Å². The first-order chi connectivity index (χ1) is 12.6. The van der Waals surface area contributed by atoms with E-state index in [4.69, 9.17) is 5.26 Å². The molecule has 2 heterocycles. The number of rotatable bonds is 5. The van der Waals surface area contributed by atoms with E-state index >= 15 is 0 Å². The van der Waals surface area contributed by atoms with Crippen LogP contribution in [0.3, 0.4) is 0 Å². The van der Waals surface area contributed by atoms with Crippen LogP contribution in [0.15, 0.2) is 58.7 Å². The first-order valence-electron chi connectivity index (χ1n) is 8.00. The van der Waals surface area contributed by atoms with E-state index < -0.39 is 0 Å². The van der Waals surface area contributed by atoms with Crippen molar-refractivity contribution < 1.29 is 4.79 Å². The average Bonchev–Trinajstić information content (AvgIpc) is 3.21. The summed E-state index contributed by atoms with van der Waals surface area (Å²) in [6, 6.07) is 15.1. The van der Waals surface area contributed by atoms with Gasteiger partial charge in [0.15, 0.2) is 0 Å². The van der Waals surface area contributed by atoms with Crippen LogP contribution in [-0.2, 0) is 0 Å². The molecule has 0 fully saturated rings. The summed E-state index contributed by atoms with van der Waals surface area (Å²) >= 11 is 1.55. The quantitative estimate of drug-likeness (QED) is 0.754. The number of nitrogens with zero attached hydrogens (tertiary/aromatic N) is 3. The number of benzene rings is 1. The average molecular weight is 364 g/mol. The summed E-state index contributed by atoms with van der Waals surface area (Å²) in [6.07, 6.45) is 0. The third-order valence-corrected chi connectivity index (χ3v) is 4.74. The highest BCUT2D eigenvalue weighted by Gasteiger charge is 2.13. The number of hydrogen-bond donors (Lipinski definition) is 1. The van der Waals surface area contributed by atoms with Crippen LogP contribution >= 0.6 is 11.3 Å². The second kappa shape index (κ2) is 7.76. The van der Waals surface area contributed by atoms with Crippen molar-refractivity contribution in [3.63, 3.8) is 0 Å². The molecule has 6 nitrogen and oxygen atoms in total. The monoisotopic (exact) mass is 364 g/mol. The molecule has 1 atom stereocenters. The fraction of sp³-hybridized carbons (Fsp3) is 0.158. The van der Waals surface area contributed by atoms with Gasteiger partial charge >= 0.3 is 0 Å². The molecule has 2 aromatic heterocycles. The lowest BCUT2D eigenvalue weighted by atomic mass is 10.1. The normalized spacial score (nSPS) is 11.5. The van der Waals surface area contributed by atoms with Crippen LogP contribution in [0.1, 0.15) is 28.9 Å². The molecule has 0 radical (unpaired) electrons. The lowest BCUT2D eigenvalue weighted by Crippen LogP contribution is -2.34. The highest BCUT2D eigenvalue weighted by Crippen LogP contribution is 2.21. The second-order valence-corrected chi connectivity index (χ2v) is 6.67. The minimum atomic E-state index is -0.301. The molecule has 0 aliphatic heterocycles. The van der Waals surface area contributed by atoms with Gasteiger partial charge in [0.05, 0.1) is 22.6 Å². The van der Waals surface area contributed by atoms with Crippen molar-refractivity contribution in [1.82, 2.24) is 15.1 Å². The van der Waals surface area contributed by atoms with Gasteiger partial charge in [-0.25, -0.2) is 4.68 Å². The summed E-state index contributed by atoms with van der Waals surface area (Å²) in [5.41, 5.74) is 1.47. The summed E-state index contributed by atoms with van der Waals surface area (Å²) in [4.78, 5) is 25.3. The largest absolute Gasteiger partial charge is 0.350 e. The van der Waals surface area contributed by atoms with E-state index in [2.05, 4.69) is 10.4 Å².